The van der Waals surface area contributed by atoms with Crippen LogP contribution in [0.15, 0.2) is 24.3 Å². The van der Waals surface area contributed by atoms with Gasteiger partial charge in [-0.3, -0.25) is 10.1 Å². The molecule has 18 heavy (non-hydrogen) atoms. The van der Waals surface area contributed by atoms with Crippen molar-refractivity contribution in [2.24, 2.45) is 0 Å². The average Bonchev–Trinajstić information content (AvgIpc) is 2.29. The minimum Gasteiger partial charge on any atom is -0.508 e. The highest BCUT2D eigenvalue weighted by atomic mass is 16.4. The molecule has 0 radical (unpaired) electrons. The molecule has 1 rings (SSSR count). The number of rotatable bonds is 6. The molecule has 1 aromatic rings. The number of benzene rings is 1. The van der Waals surface area contributed by atoms with E-state index in [1.807, 2.05) is 13.8 Å². The van der Waals surface area contributed by atoms with Crippen LogP contribution < -0.4 is 5.32 Å². The summed E-state index contributed by atoms with van der Waals surface area (Å²) in [5.74, 6) is -0.629. The molecule has 2 atom stereocenters. The Morgan fingerprint density at radius 3 is 2.39 bits per heavy atom. The van der Waals surface area contributed by atoms with Crippen LogP contribution in [-0.2, 0) is 4.79 Å². The molecule has 1 aromatic carbocycles. The van der Waals surface area contributed by atoms with E-state index in [2.05, 4.69) is 5.32 Å². The molecule has 0 heterocycles. The van der Waals surface area contributed by atoms with Gasteiger partial charge in [0.05, 0.1) is 0 Å². The molecule has 0 aromatic heterocycles. The summed E-state index contributed by atoms with van der Waals surface area (Å²) in [7, 11) is 0. The van der Waals surface area contributed by atoms with Gasteiger partial charge in [0.1, 0.15) is 11.3 Å². The summed E-state index contributed by atoms with van der Waals surface area (Å²) in [5, 5.41) is 21.7. The van der Waals surface area contributed by atoms with Gasteiger partial charge in [0.25, 0.3) is 0 Å². The largest absolute Gasteiger partial charge is 0.508 e. The van der Waals surface area contributed by atoms with Crippen LogP contribution in [0.2, 0.25) is 0 Å². The summed E-state index contributed by atoms with van der Waals surface area (Å²) in [4.78, 5) is 11.3. The number of aromatic hydroxyl groups is 1. The standard InChI is InChI=1S/C14H21NO3/c1-4-9-14(3,13(17)18)15-10(2)11-5-7-12(16)8-6-11/h5-8,10,15-16H,4,9H2,1-3H3,(H,17,18). The number of phenols is 1. The van der Waals surface area contributed by atoms with Crippen molar-refractivity contribution in [1.29, 1.82) is 0 Å². The van der Waals surface area contributed by atoms with Gasteiger partial charge in [-0.2, -0.15) is 0 Å². The fourth-order valence-electron chi connectivity index (χ4n) is 2.07. The smallest absolute Gasteiger partial charge is 0.323 e. The van der Waals surface area contributed by atoms with Gasteiger partial charge in [0.15, 0.2) is 0 Å². The fraction of sp³-hybridized carbons (Fsp3) is 0.500. The van der Waals surface area contributed by atoms with Gasteiger partial charge in [0.2, 0.25) is 0 Å². The van der Waals surface area contributed by atoms with Crippen molar-refractivity contribution in [1.82, 2.24) is 5.32 Å². The minimum absolute atomic E-state index is 0.0850. The molecule has 0 aliphatic rings. The van der Waals surface area contributed by atoms with Crippen molar-refractivity contribution < 1.29 is 15.0 Å². The Kier molecular flexibility index (Phi) is 4.73. The molecule has 0 saturated heterocycles. The monoisotopic (exact) mass is 251 g/mol. The van der Waals surface area contributed by atoms with Crippen LogP contribution >= 0.6 is 0 Å². The molecule has 4 heteroatoms. The van der Waals surface area contributed by atoms with Crippen LogP contribution in [0.5, 0.6) is 5.75 Å². The summed E-state index contributed by atoms with van der Waals surface area (Å²) >= 11 is 0. The van der Waals surface area contributed by atoms with Crippen molar-refractivity contribution >= 4 is 5.97 Å². The maximum Gasteiger partial charge on any atom is 0.323 e. The van der Waals surface area contributed by atoms with E-state index in [0.717, 1.165) is 12.0 Å². The number of carboxylic acids is 1. The van der Waals surface area contributed by atoms with Crippen LogP contribution in [0.4, 0.5) is 0 Å². The van der Waals surface area contributed by atoms with E-state index in [0.29, 0.717) is 6.42 Å². The lowest BCUT2D eigenvalue weighted by Crippen LogP contribution is -2.50. The molecule has 0 spiro atoms. The Labute approximate surface area is 108 Å². The molecule has 100 valence electrons. The van der Waals surface area contributed by atoms with Crippen molar-refractivity contribution in [3.05, 3.63) is 29.8 Å². The van der Waals surface area contributed by atoms with Crippen LogP contribution in [0.1, 0.15) is 45.2 Å². The van der Waals surface area contributed by atoms with E-state index in [4.69, 9.17) is 0 Å². The molecular weight excluding hydrogens is 230 g/mol. The lowest BCUT2D eigenvalue weighted by molar-refractivity contribution is -0.144. The number of hydrogen-bond donors (Lipinski definition) is 3. The van der Waals surface area contributed by atoms with Crippen molar-refractivity contribution in [2.75, 3.05) is 0 Å². The SMILES string of the molecule is CCCC(C)(NC(C)c1ccc(O)cc1)C(=O)O. The van der Waals surface area contributed by atoms with Gasteiger partial charge in [0, 0.05) is 6.04 Å². The second kappa shape index (κ2) is 5.87. The Morgan fingerprint density at radius 1 is 1.39 bits per heavy atom. The molecule has 0 amide bonds. The number of carboxylic acid groups (broad SMARTS) is 1. The fourth-order valence-corrected chi connectivity index (χ4v) is 2.07. The van der Waals surface area contributed by atoms with Crippen LogP contribution in [0.25, 0.3) is 0 Å². The number of phenolic OH excluding ortho intramolecular Hbond substituents is 1. The summed E-state index contributed by atoms with van der Waals surface area (Å²) in [6.45, 7) is 5.59. The van der Waals surface area contributed by atoms with E-state index >= 15 is 0 Å². The van der Waals surface area contributed by atoms with E-state index < -0.39 is 11.5 Å². The van der Waals surface area contributed by atoms with Gasteiger partial charge in [-0.05, 0) is 38.0 Å². The van der Waals surface area contributed by atoms with E-state index in [1.54, 1.807) is 31.2 Å². The topological polar surface area (TPSA) is 69.6 Å². The van der Waals surface area contributed by atoms with E-state index in [-0.39, 0.29) is 11.8 Å². The highest BCUT2D eigenvalue weighted by Gasteiger charge is 2.33. The zero-order valence-corrected chi connectivity index (χ0v) is 11.1. The second-order valence-electron chi connectivity index (χ2n) is 4.84. The van der Waals surface area contributed by atoms with Crippen molar-refractivity contribution in [3.63, 3.8) is 0 Å². The van der Waals surface area contributed by atoms with Crippen LogP contribution in [-0.4, -0.2) is 21.7 Å². The first-order valence-electron chi connectivity index (χ1n) is 6.19. The number of hydrogen-bond acceptors (Lipinski definition) is 3. The zero-order chi connectivity index (χ0) is 13.8. The third kappa shape index (κ3) is 3.47. The Morgan fingerprint density at radius 2 is 1.94 bits per heavy atom. The van der Waals surface area contributed by atoms with Gasteiger partial charge in [-0.25, -0.2) is 0 Å². The Bertz CT molecular complexity index is 402. The van der Waals surface area contributed by atoms with Gasteiger partial charge < -0.3 is 10.2 Å². The molecule has 0 aliphatic carbocycles. The summed E-state index contributed by atoms with van der Waals surface area (Å²) in [5.41, 5.74) is 0.0304. The number of carbonyl (C=O) groups is 1. The number of aliphatic carboxylic acids is 1. The lowest BCUT2D eigenvalue weighted by Gasteiger charge is -2.30. The molecule has 2 unspecified atom stereocenters. The van der Waals surface area contributed by atoms with Crippen LogP contribution in [0, 0.1) is 0 Å². The van der Waals surface area contributed by atoms with E-state index in [1.165, 1.54) is 0 Å². The normalized spacial score (nSPS) is 15.9. The van der Waals surface area contributed by atoms with Gasteiger partial charge in [-0.15, -0.1) is 0 Å². The Balaban J connectivity index is 2.81. The summed E-state index contributed by atoms with van der Waals surface area (Å²) < 4.78 is 0. The molecule has 0 saturated carbocycles. The first-order chi connectivity index (χ1) is 8.39. The number of nitrogens with one attached hydrogen (secondary N) is 1. The molecular formula is C14H21NO3. The molecule has 0 aliphatic heterocycles. The maximum absolute atomic E-state index is 11.3. The molecule has 4 nitrogen and oxygen atoms in total. The minimum atomic E-state index is -0.925. The summed E-state index contributed by atoms with van der Waals surface area (Å²) in [6.07, 6.45) is 1.38. The highest BCUT2D eigenvalue weighted by molar-refractivity contribution is 5.78. The van der Waals surface area contributed by atoms with Crippen LogP contribution in [0.3, 0.4) is 0 Å². The zero-order valence-electron chi connectivity index (χ0n) is 11.1. The first kappa shape index (κ1) is 14.5. The summed E-state index contributed by atoms with van der Waals surface area (Å²) in [6, 6.07) is 6.71. The maximum atomic E-state index is 11.3. The molecule has 0 fully saturated rings. The van der Waals surface area contributed by atoms with Gasteiger partial charge >= 0.3 is 5.97 Å². The first-order valence-corrected chi connectivity index (χ1v) is 6.19. The molecule has 0 bridgehead atoms. The van der Waals surface area contributed by atoms with Crippen molar-refractivity contribution in [2.45, 2.75) is 45.2 Å². The lowest BCUT2D eigenvalue weighted by atomic mass is 9.94. The van der Waals surface area contributed by atoms with E-state index in [9.17, 15) is 15.0 Å². The predicted octanol–water partition coefficient (Wildman–Crippen LogP) is 2.69. The third-order valence-corrected chi connectivity index (χ3v) is 3.15. The highest BCUT2D eigenvalue weighted by Crippen LogP contribution is 2.22. The van der Waals surface area contributed by atoms with Crippen molar-refractivity contribution in [3.8, 4) is 5.75 Å². The average molecular weight is 251 g/mol. The second-order valence-corrected chi connectivity index (χ2v) is 4.84. The predicted molar refractivity (Wildman–Crippen MR) is 70.6 cm³/mol. The Hall–Kier alpha value is -1.55. The third-order valence-electron chi connectivity index (χ3n) is 3.15. The molecule has 3 N–H and O–H groups in total. The quantitative estimate of drug-likeness (QED) is 0.727. The van der Waals surface area contributed by atoms with Gasteiger partial charge in [-0.1, -0.05) is 25.5 Å².